The van der Waals surface area contributed by atoms with Gasteiger partial charge in [0.2, 0.25) is 0 Å². The van der Waals surface area contributed by atoms with Gasteiger partial charge in [-0.25, -0.2) is 4.39 Å². The molecule has 0 aliphatic carbocycles. The van der Waals surface area contributed by atoms with Crippen molar-refractivity contribution in [3.05, 3.63) is 63.4 Å². The van der Waals surface area contributed by atoms with Crippen LogP contribution in [0.2, 0.25) is 0 Å². The fourth-order valence-electron chi connectivity index (χ4n) is 3.52. The van der Waals surface area contributed by atoms with E-state index in [0.717, 1.165) is 16.7 Å². The van der Waals surface area contributed by atoms with Crippen molar-refractivity contribution in [3.63, 3.8) is 0 Å². The van der Waals surface area contributed by atoms with E-state index in [1.807, 2.05) is 32.0 Å². The van der Waals surface area contributed by atoms with Crippen LogP contribution in [0.4, 0.5) is 4.39 Å². The van der Waals surface area contributed by atoms with E-state index in [9.17, 15) is 14.0 Å². The lowest BCUT2D eigenvalue weighted by molar-refractivity contribution is -0.134. The number of aryl methyl sites for hydroxylation is 2. The molecule has 1 heterocycles. The first-order valence-electron chi connectivity index (χ1n) is 9.32. The van der Waals surface area contributed by atoms with Gasteiger partial charge in [0, 0.05) is 29.0 Å². The molecule has 1 amide bonds. The second-order valence-electron chi connectivity index (χ2n) is 7.20. The molecule has 1 aliphatic heterocycles. The minimum atomic E-state index is -0.514. The van der Waals surface area contributed by atoms with Crippen molar-refractivity contribution in [2.45, 2.75) is 26.7 Å². The highest BCUT2D eigenvalue weighted by atomic mass is 79.9. The normalized spacial score (nSPS) is 14.8. The minimum Gasteiger partial charge on any atom is -0.481 e. The van der Waals surface area contributed by atoms with Crippen molar-refractivity contribution in [1.29, 1.82) is 0 Å². The summed E-state index contributed by atoms with van der Waals surface area (Å²) in [5.41, 5.74) is 2.90. The van der Waals surface area contributed by atoms with Crippen LogP contribution in [0.5, 0.6) is 5.75 Å². The maximum absolute atomic E-state index is 13.8. The fourth-order valence-corrected chi connectivity index (χ4v) is 3.86. The lowest BCUT2D eigenvalue weighted by Gasteiger charge is -2.31. The van der Waals surface area contributed by atoms with E-state index >= 15 is 0 Å². The highest BCUT2D eigenvalue weighted by Gasteiger charge is 2.28. The topological polar surface area (TPSA) is 46.6 Å². The number of nitrogens with zero attached hydrogens (tertiary/aromatic N) is 1. The van der Waals surface area contributed by atoms with Gasteiger partial charge < -0.3 is 9.64 Å². The van der Waals surface area contributed by atoms with Gasteiger partial charge in [-0.2, -0.15) is 0 Å². The summed E-state index contributed by atoms with van der Waals surface area (Å²) < 4.78 is 19.7. The quantitative estimate of drug-likeness (QED) is 0.623. The molecule has 0 aromatic heterocycles. The third-order valence-corrected chi connectivity index (χ3v) is 5.60. The summed E-state index contributed by atoms with van der Waals surface area (Å²) in [6.07, 6.45) is 1.26. The van der Waals surface area contributed by atoms with Gasteiger partial charge in [0.1, 0.15) is 0 Å². The lowest BCUT2D eigenvalue weighted by Crippen LogP contribution is -2.42. The number of rotatable bonds is 5. The molecule has 1 saturated heterocycles. The molecule has 0 saturated carbocycles. The van der Waals surface area contributed by atoms with Crippen LogP contribution in [0.1, 0.15) is 34.3 Å². The molecule has 6 heteroatoms. The summed E-state index contributed by atoms with van der Waals surface area (Å²) in [5.74, 6) is -0.579. The van der Waals surface area contributed by atoms with E-state index in [0.29, 0.717) is 30.4 Å². The number of hydrogen-bond acceptors (Lipinski definition) is 3. The Morgan fingerprint density at radius 1 is 1.14 bits per heavy atom. The molecule has 3 rings (SSSR count). The highest BCUT2D eigenvalue weighted by Crippen LogP contribution is 2.25. The summed E-state index contributed by atoms with van der Waals surface area (Å²) in [6, 6.07) is 10.3. The standard InChI is InChI=1S/C22H23BrFNO3/c1-14-3-5-18(15(2)11-14)22(27)16-7-9-25(10-8-16)21(26)13-28-20-6-4-17(23)12-19(20)24/h3-6,11-12,16H,7-10,13H2,1-2H3. The first-order valence-corrected chi connectivity index (χ1v) is 10.1. The fraction of sp³-hybridized carbons (Fsp3) is 0.364. The highest BCUT2D eigenvalue weighted by molar-refractivity contribution is 9.10. The van der Waals surface area contributed by atoms with Crippen LogP contribution in [-0.2, 0) is 4.79 Å². The Morgan fingerprint density at radius 3 is 2.50 bits per heavy atom. The molecule has 1 aliphatic rings. The Bertz CT molecular complexity index is 891. The Hall–Kier alpha value is -2.21. The summed E-state index contributed by atoms with van der Waals surface area (Å²) in [6.45, 7) is 4.76. The van der Waals surface area contributed by atoms with Crippen LogP contribution >= 0.6 is 15.9 Å². The number of Topliss-reactive ketones (excluding diaryl/α,β-unsaturated/α-hetero) is 1. The second-order valence-corrected chi connectivity index (χ2v) is 8.12. The predicted molar refractivity (Wildman–Crippen MR) is 109 cm³/mol. The molecule has 2 aromatic rings. The number of piperidine rings is 1. The van der Waals surface area contributed by atoms with Gasteiger partial charge >= 0.3 is 0 Å². The minimum absolute atomic E-state index is 0.0523. The molecular weight excluding hydrogens is 425 g/mol. The number of benzene rings is 2. The molecule has 148 valence electrons. The summed E-state index contributed by atoms with van der Waals surface area (Å²) in [7, 11) is 0. The van der Waals surface area contributed by atoms with E-state index in [1.54, 1.807) is 11.0 Å². The van der Waals surface area contributed by atoms with Crippen molar-refractivity contribution in [2.75, 3.05) is 19.7 Å². The first kappa shape index (κ1) is 20.5. The second kappa shape index (κ2) is 8.86. The maximum atomic E-state index is 13.8. The number of ketones is 1. The molecule has 0 bridgehead atoms. The van der Waals surface area contributed by atoms with E-state index in [-0.39, 0.29) is 30.0 Å². The monoisotopic (exact) mass is 447 g/mol. The van der Waals surface area contributed by atoms with Gasteiger partial charge in [-0.15, -0.1) is 0 Å². The zero-order valence-electron chi connectivity index (χ0n) is 16.0. The maximum Gasteiger partial charge on any atom is 0.260 e. The Morgan fingerprint density at radius 2 is 1.86 bits per heavy atom. The number of carbonyl (C=O) groups excluding carboxylic acids is 2. The molecule has 0 N–H and O–H groups in total. The van der Waals surface area contributed by atoms with Crippen LogP contribution in [0.25, 0.3) is 0 Å². The summed E-state index contributed by atoms with van der Waals surface area (Å²) in [5, 5.41) is 0. The Labute approximate surface area is 172 Å². The molecule has 1 fully saturated rings. The Kier molecular flexibility index (Phi) is 6.50. The Balaban J connectivity index is 1.53. The molecular formula is C22H23BrFNO3. The molecule has 2 aromatic carbocycles. The lowest BCUT2D eigenvalue weighted by atomic mass is 9.87. The average molecular weight is 448 g/mol. The molecule has 28 heavy (non-hydrogen) atoms. The van der Waals surface area contributed by atoms with Crippen molar-refractivity contribution in [1.82, 2.24) is 4.90 Å². The van der Waals surface area contributed by atoms with E-state index in [4.69, 9.17) is 4.74 Å². The van der Waals surface area contributed by atoms with Crippen molar-refractivity contribution in [2.24, 2.45) is 5.92 Å². The summed E-state index contributed by atoms with van der Waals surface area (Å²) >= 11 is 3.18. The van der Waals surface area contributed by atoms with Crippen LogP contribution in [-0.4, -0.2) is 36.3 Å². The first-order chi connectivity index (χ1) is 13.3. The van der Waals surface area contributed by atoms with Crippen LogP contribution in [0, 0.1) is 25.6 Å². The predicted octanol–water partition coefficient (Wildman–Crippen LogP) is 4.71. The van der Waals surface area contributed by atoms with E-state index < -0.39 is 5.82 Å². The molecule has 4 nitrogen and oxygen atoms in total. The van der Waals surface area contributed by atoms with E-state index in [1.165, 1.54) is 12.1 Å². The summed E-state index contributed by atoms with van der Waals surface area (Å²) in [4.78, 5) is 26.9. The van der Waals surface area contributed by atoms with E-state index in [2.05, 4.69) is 15.9 Å². The molecule has 0 radical (unpaired) electrons. The number of carbonyl (C=O) groups is 2. The van der Waals surface area contributed by atoms with Gasteiger partial charge in [-0.3, -0.25) is 9.59 Å². The SMILES string of the molecule is Cc1ccc(C(=O)C2CCN(C(=O)COc3ccc(Br)cc3F)CC2)c(C)c1. The van der Waals surface area contributed by atoms with Crippen molar-refractivity contribution >= 4 is 27.6 Å². The van der Waals surface area contributed by atoms with Gasteiger partial charge in [-0.05, 0) is 50.5 Å². The number of halogens is 2. The van der Waals surface area contributed by atoms with Crippen LogP contribution in [0.3, 0.4) is 0 Å². The third kappa shape index (κ3) is 4.79. The molecule has 0 spiro atoms. The number of hydrogen-bond donors (Lipinski definition) is 0. The smallest absolute Gasteiger partial charge is 0.260 e. The molecule has 0 atom stereocenters. The largest absolute Gasteiger partial charge is 0.481 e. The van der Waals surface area contributed by atoms with Gasteiger partial charge in [0.15, 0.2) is 24.0 Å². The van der Waals surface area contributed by atoms with Gasteiger partial charge in [0.05, 0.1) is 0 Å². The van der Waals surface area contributed by atoms with Crippen LogP contribution in [0.15, 0.2) is 40.9 Å². The zero-order valence-corrected chi connectivity index (χ0v) is 17.6. The third-order valence-electron chi connectivity index (χ3n) is 5.11. The van der Waals surface area contributed by atoms with Gasteiger partial charge in [-0.1, -0.05) is 39.7 Å². The number of amides is 1. The number of ether oxygens (including phenoxy) is 1. The van der Waals surface area contributed by atoms with Crippen molar-refractivity contribution < 1.29 is 18.7 Å². The van der Waals surface area contributed by atoms with Crippen LogP contribution < -0.4 is 4.74 Å². The molecule has 0 unspecified atom stereocenters. The number of likely N-dealkylation sites (tertiary alicyclic amines) is 1. The average Bonchev–Trinajstić information content (AvgIpc) is 2.67. The van der Waals surface area contributed by atoms with Crippen molar-refractivity contribution in [3.8, 4) is 5.75 Å². The van der Waals surface area contributed by atoms with Gasteiger partial charge in [0.25, 0.3) is 5.91 Å². The zero-order chi connectivity index (χ0) is 20.3.